The minimum Gasteiger partial charge on any atom is -0.497 e. The highest BCUT2D eigenvalue weighted by Crippen LogP contribution is 2.19. The van der Waals surface area contributed by atoms with Crippen LogP contribution in [0.1, 0.15) is 5.56 Å². The van der Waals surface area contributed by atoms with E-state index in [2.05, 4.69) is 49.6 Å². The summed E-state index contributed by atoms with van der Waals surface area (Å²) in [5, 5.41) is 0. The fourth-order valence-corrected chi connectivity index (χ4v) is 2.38. The lowest BCUT2D eigenvalue weighted by atomic mass is 10.2. The Bertz CT molecular complexity index is 516. The average Bonchev–Trinajstić information content (AvgIpc) is 2.40. The zero-order valence-electron chi connectivity index (χ0n) is 10.3. The molecule has 18 heavy (non-hydrogen) atoms. The Labute approximate surface area is 120 Å². The van der Waals surface area contributed by atoms with Gasteiger partial charge in [0.15, 0.2) is 0 Å². The number of nitrogens with zero attached hydrogens (tertiary/aromatic N) is 3. The van der Waals surface area contributed by atoms with E-state index in [0.717, 1.165) is 21.7 Å². The minimum absolute atomic E-state index is 0.803. The molecule has 2 aromatic rings. The van der Waals surface area contributed by atoms with Crippen LogP contribution in [0.4, 0.5) is 5.82 Å². The third kappa shape index (κ3) is 3.10. The number of benzene rings is 1. The maximum atomic E-state index is 5.14. The predicted octanol–water partition coefficient (Wildman–Crippen LogP) is 2.73. The van der Waals surface area contributed by atoms with E-state index in [1.165, 1.54) is 5.56 Å². The number of hydrogen-bond donors (Lipinski definition) is 0. The second-order valence-electron chi connectivity index (χ2n) is 3.90. The zero-order valence-corrected chi connectivity index (χ0v) is 12.5. The van der Waals surface area contributed by atoms with Gasteiger partial charge in [-0.05, 0) is 40.3 Å². The zero-order chi connectivity index (χ0) is 13.0. The summed E-state index contributed by atoms with van der Waals surface area (Å²) in [7, 11) is 3.69. The maximum Gasteiger partial charge on any atom is 0.145 e. The van der Waals surface area contributed by atoms with Gasteiger partial charge in [-0.25, -0.2) is 9.97 Å². The molecule has 0 spiro atoms. The minimum atomic E-state index is 0.803. The molecule has 0 aliphatic heterocycles. The second kappa shape index (κ2) is 5.99. The van der Waals surface area contributed by atoms with Gasteiger partial charge >= 0.3 is 0 Å². The maximum absolute atomic E-state index is 5.14. The summed E-state index contributed by atoms with van der Waals surface area (Å²) in [6, 6.07) is 8.05. The van der Waals surface area contributed by atoms with E-state index >= 15 is 0 Å². The molecule has 0 bridgehead atoms. The van der Waals surface area contributed by atoms with Crippen molar-refractivity contribution in [2.75, 3.05) is 19.1 Å². The molecule has 0 aliphatic rings. The van der Waals surface area contributed by atoms with E-state index in [1.54, 1.807) is 13.4 Å². The molecule has 5 heteroatoms. The number of ether oxygens (including phenoxy) is 1. The van der Waals surface area contributed by atoms with Gasteiger partial charge in [0.05, 0.1) is 10.7 Å². The lowest BCUT2D eigenvalue weighted by Gasteiger charge is -2.19. The van der Waals surface area contributed by atoms with Crippen molar-refractivity contribution >= 4 is 28.4 Å². The van der Waals surface area contributed by atoms with E-state index in [-0.39, 0.29) is 0 Å². The van der Waals surface area contributed by atoms with Crippen LogP contribution < -0.4 is 9.64 Å². The van der Waals surface area contributed by atoms with Gasteiger partial charge in [0.2, 0.25) is 0 Å². The highest BCUT2D eigenvalue weighted by molar-refractivity contribution is 14.1. The molecular formula is C13H14IN3O. The van der Waals surface area contributed by atoms with E-state index in [1.807, 2.05) is 25.4 Å². The summed E-state index contributed by atoms with van der Waals surface area (Å²) in [4.78, 5) is 10.4. The van der Waals surface area contributed by atoms with Gasteiger partial charge in [0, 0.05) is 19.8 Å². The molecule has 0 amide bonds. The smallest absolute Gasteiger partial charge is 0.145 e. The number of halogens is 1. The molecular weight excluding hydrogens is 341 g/mol. The van der Waals surface area contributed by atoms with Gasteiger partial charge in [-0.1, -0.05) is 12.1 Å². The van der Waals surface area contributed by atoms with Gasteiger partial charge in [0.1, 0.15) is 17.9 Å². The standard InChI is InChI=1S/C13H14IN3O/c1-17(13-12(14)7-15-9-16-13)8-10-3-5-11(18-2)6-4-10/h3-7,9H,8H2,1-2H3. The van der Waals surface area contributed by atoms with Crippen molar-refractivity contribution < 1.29 is 4.74 Å². The van der Waals surface area contributed by atoms with Crippen molar-refractivity contribution in [2.45, 2.75) is 6.54 Å². The second-order valence-corrected chi connectivity index (χ2v) is 5.06. The van der Waals surface area contributed by atoms with Crippen LogP contribution in [0.2, 0.25) is 0 Å². The molecule has 0 saturated heterocycles. The number of methoxy groups -OCH3 is 1. The van der Waals surface area contributed by atoms with Gasteiger partial charge in [0.25, 0.3) is 0 Å². The lowest BCUT2D eigenvalue weighted by Crippen LogP contribution is -2.18. The van der Waals surface area contributed by atoms with Gasteiger partial charge < -0.3 is 9.64 Å². The van der Waals surface area contributed by atoms with E-state index < -0.39 is 0 Å². The van der Waals surface area contributed by atoms with Gasteiger partial charge in [-0.2, -0.15) is 0 Å². The first-order valence-electron chi connectivity index (χ1n) is 5.50. The predicted molar refractivity (Wildman–Crippen MR) is 79.9 cm³/mol. The summed E-state index contributed by atoms with van der Waals surface area (Å²) < 4.78 is 6.19. The molecule has 0 saturated carbocycles. The third-order valence-corrected chi connectivity index (χ3v) is 3.35. The normalized spacial score (nSPS) is 10.2. The summed E-state index contributed by atoms with van der Waals surface area (Å²) in [6.07, 6.45) is 3.38. The fraction of sp³-hybridized carbons (Fsp3) is 0.231. The van der Waals surface area contributed by atoms with E-state index in [0.29, 0.717) is 0 Å². The number of aromatic nitrogens is 2. The van der Waals surface area contributed by atoms with Crippen LogP contribution in [0, 0.1) is 3.57 Å². The molecule has 0 aliphatic carbocycles. The quantitative estimate of drug-likeness (QED) is 0.791. The largest absolute Gasteiger partial charge is 0.497 e. The Kier molecular flexibility index (Phi) is 4.35. The highest BCUT2D eigenvalue weighted by Gasteiger charge is 2.07. The van der Waals surface area contributed by atoms with Crippen LogP contribution in [0.25, 0.3) is 0 Å². The van der Waals surface area contributed by atoms with Crippen LogP contribution >= 0.6 is 22.6 Å². The van der Waals surface area contributed by atoms with Crippen LogP contribution in [0.5, 0.6) is 5.75 Å². The summed E-state index contributed by atoms with van der Waals surface area (Å²) in [5.74, 6) is 1.82. The molecule has 4 nitrogen and oxygen atoms in total. The van der Waals surface area contributed by atoms with Gasteiger partial charge in [-0.3, -0.25) is 0 Å². The Morgan fingerprint density at radius 2 is 2.00 bits per heavy atom. The molecule has 0 N–H and O–H groups in total. The molecule has 0 atom stereocenters. The van der Waals surface area contributed by atoms with Crippen molar-refractivity contribution in [3.8, 4) is 5.75 Å². The van der Waals surface area contributed by atoms with Crippen LogP contribution in [-0.4, -0.2) is 24.1 Å². The summed E-state index contributed by atoms with van der Waals surface area (Å²) in [5.41, 5.74) is 1.22. The first-order chi connectivity index (χ1) is 8.70. The molecule has 0 unspecified atom stereocenters. The van der Waals surface area contributed by atoms with Gasteiger partial charge in [-0.15, -0.1) is 0 Å². The van der Waals surface area contributed by atoms with E-state index in [9.17, 15) is 0 Å². The monoisotopic (exact) mass is 355 g/mol. The van der Waals surface area contributed by atoms with Crippen molar-refractivity contribution in [1.82, 2.24) is 9.97 Å². The molecule has 1 aromatic carbocycles. The highest BCUT2D eigenvalue weighted by atomic mass is 127. The molecule has 0 radical (unpaired) electrons. The fourth-order valence-electron chi connectivity index (χ4n) is 1.67. The molecule has 1 aromatic heterocycles. The molecule has 1 heterocycles. The topological polar surface area (TPSA) is 38.2 Å². The Hall–Kier alpha value is -1.37. The Morgan fingerprint density at radius 3 is 2.61 bits per heavy atom. The Morgan fingerprint density at radius 1 is 1.28 bits per heavy atom. The Balaban J connectivity index is 2.11. The van der Waals surface area contributed by atoms with Crippen molar-refractivity contribution in [3.63, 3.8) is 0 Å². The van der Waals surface area contributed by atoms with Crippen LogP contribution in [0.3, 0.4) is 0 Å². The first kappa shape index (κ1) is 13.1. The molecule has 94 valence electrons. The first-order valence-corrected chi connectivity index (χ1v) is 6.58. The number of anilines is 1. The molecule has 2 rings (SSSR count). The lowest BCUT2D eigenvalue weighted by molar-refractivity contribution is 0.414. The van der Waals surface area contributed by atoms with Crippen LogP contribution in [0.15, 0.2) is 36.8 Å². The molecule has 0 fully saturated rings. The summed E-state index contributed by atoms with van der Waals surface area (Å²) in [6.45, 7) is 0.803. The summed E-state index contributed by atoms with van der Waals surface area (Å²) >= 11 is 2.24. The van der Waals surface area contributed by atoms with Crippen molar-refractivity contribution in [2.24, 2.45) is 0 Å². The third-order valence-electron chi connectivity index (χ3n) is 2.59. The van der Waals surface area contributed by atoms with Crippen molar-refractivity contribution in [1.29, 1.82) is 0 Å². The number of hydrogen-bond acceptors (Lipinski definition) is 4. The average molecular weight is 355 g/mol. The van der Waals surface area contributed by atoms with E-state index in [4.69, 9.17) is 4.74 Å². The number of rotatable bonds is 4. The van der Waals surface area contributed by atoms with Crippen molar-refractivity contribution in [3.05, 3.63) is 45.9 Å². The van der Waals surface area contributed by atoms with Crippen LogP contribution in [-0.2, 0) is 6.54 Å². The SMILES string of the molecule is COc1ccc(CN(C)c2ncncc2I)cc1.